The molecule has 3 heterocycles. The Hall–Kier alpha value is -2.39. The van der Waals surface area contributed by atoms with E-state index in [2.05, 4.69) is 45.7 Å². The van der Waals surface area contributed by atoms with E-state index in [1.165, 1.54) is 43.5 Å². The van der Waals surface area contributed by atoms with Crippen molar-refractivity contribution in [2.75, 3.05) is 51.3 Å². The lowest BCUT2D eigenvalue weighted by molar-refractivity contribution is 0.0786. The minimum Gasteiger partial charge on any atom is -0.490 e. The number of likely N-dealkylation sites (tertiary alicyclic amines) is 1. The molecule has 0 aromatic heterocycles. The standard InChI is InChI=1S/C35H44ClN3O3S.CH4O/c1-23-5-3-6-27(19-38-15-4-16-38)30-10-7-28(30)20-39-21-35(14-13-25-17-29(36)9-11-31(25)35)22-42-33-12-8-26(18-32(33)39)34(40)37-43(41)24(23)2;1-2/h3,6,8-9,11-12,17-18,23-24,27-28,30H,4-5,7,10,13-16,19-22H2,1-2H3,(H,37,40);2H,1H3/b6-3+;. The first-order chi connectivity index (χ1) is 21.8. The number of carbonyl (C=O) groups is 1. The molecule has 7 nitrogen and oxygen atoms in total. The van der Waals surface area contributed by atoms with Crippen molar-refractivity contribution in [2.24, 2.45) is 23.7 Å². The van der Waals surface area contributed by atoms with Crippen molar-refractivity contribution < 1.29 is 18.8 Å². The van der Waals surface area contributed by atoms with Gasteiger partial charge in [0.15, 0.2) is 0 Å². The fourth-order valence-corrected chi connectivity index (χ4v) is 9.21. The van der Waals surface area contributed by atoms with E-state index in [-0.39, 0.29) is 22.5 Å². The fourth-order valence-electron chi connectivity index (χ4n) is 8.00. The lowest BCUT2D eigenvalue weighted by atomic mass is 9.66. The van der Waals surface area contributed by atoms with Crippen LogP contribution in [0.4, 0.5) is 5.69 Å². The predicted octanol–water partition coefficient (Wildman–Crippen LogP) is 5.76. The van der Waals surface area contributed by atoms with E-state index < -0.39 is 11.0 Å². The summed E-state index contributed by atoms with van der Waals surface area (Å²) in [6.45, 7) is 10.1. The maximum absolute atomic E-state index is 13.4. The zero-order chi connectivity index (χ0) is 31.7. The summed E-state index contributed by atoms with van der Waals surface area (Å²) in [6, 6.07) is 12.1. The first-order valence-corrected chi connectivity index (χ1v) is 18.2. The van der Waals surface area contributed by atoms with Gasteiger partial charge in [-0.3, -0.25) is 9.52 Å². The van der Waals surface area contributed by atoms with Gasteiger partial charge in [-0.1, -0.05) is 36.7 Å². The largest absolute Gasteiger partial charge is 0.490 e. The predicted molar refractivity (Wildman–Crippen MR) is 182 cm³/mol. The first-order valence-electron chi connectivity index (χ1n) is 16.7. The number of halogens is 1. The van der Waals surface area contributed by atoms with Crippen LogP contribution in [-0.4, -0.2) is 71.8 Å². The summed E-state index contributed by atoms with van der Waals surface area (Å²) in [5, 5.41) is 7.64. The van der Waals surface area contributed by atoms with Gasteiger partial charge in [0.05, 0.1) is 17.5 Å². The Morgan fingerprint density at radius 1 is 1.13 bits per heavy atom. The molecule has 244 valence electrons. The highest BCUT2D eigenvalue weighted by atomic mass is 35.5. The van der Waals surface area contributed by atoms with E-state index in [0.717, 1.165) is 62.5 Å². The number of anilines is 1. The summed E-state index contributed by atoms with van der Waals surface area (Å²) in [4.78, 5) is 18.5. The smallest absolute Gasteiger partial charge is 0.263 e. The Morgan fingerprint density at radius 3 is 2.69 bits per heavy atom. The van der Waals surface area contributed by atoms with E-state index in [0.29, 0.717) is 29.9 Å². The highest BCUT2D eigenvalue weighted by molar-refractivity contribution is 7.84. The number of aliphatic hydroxyl groups is 1. The molecular formula is C36H48ClN3O4S. The number of nitrogens with one attached hydrogen (secondary N) is 1. The molecule has 2 bridgehead atoms. The van der Waals surface area contributed by atoms with Crippen LogP contribution in [0.2, 0.25) is 5.02 Å². The number of nitrogens with zero attached hydrogens (tertiary/aromatic N) is 2. The molecule has 2 aliphatic carbocycles. The molecule has 3 aliphatic heterocycles. The van der Waals surface area contributed by atoms with Gasteiger partial charge >= 0.3 is 0 Å². The Morgan fingerprint density at radius 2 is 1.96 bits per heavy atom. The molecule has 7 atom stereocenters. The van der Waals surface area contributed by atoms with E-state index in [1.54, 1.807) is 0 Å². The maximum atomic E-state index is 13.4. The number of carbonyl (C=O) groups excluding carboxylic acids is 1. The zero-order valence-electron chi connectivity index (χ0n) is 26.8. The van der Waals surface area contributed by atoms with Crippen LogP contribution in [0.3, 0.4) is 0 Å². The molecule has 7 rings (SSSR count). The number of hydrogen-bond donors (Lipinski definition) is 2. The molecule has 1 saturated heterocycles. The van der Waals surface area contributed by atoms with Crippen LogP contribution in [0.15, 0.2) is 48.6 Å². The van der Waals surface area contributed by atoms with Gasteiger partial charge in [-0.2, -0.15) is 0 Å². The molecule has 1 spiro atoms. The SMILES string of the molecule is CC1C/C=C/C(CN2CCC2)C2CCC2CN2CC3(CCc4cc(Cl)ccc43)COc3ccc(cc32)C(=O)NS(=O)C1C.CO. The molecule has 0 radical (unpaired) electrons. The van der Waals surface area contributed by atoms with Gasteiger partial charge in [-0.25, -0.2) is 4.21 Å². The lowest BCUT2D eigenvalue weighted by Gasteiger charge is -2.47. The Labute approximate surface area is 275 Å². The van der Waals surface area contributed by atoms with Crippen LogP contribution in [0.1, 0.15) is 67.4 Å². The summed E-state index contributed by atoms with van der Waals surface area (Å²) in [7, 11) is -0.475. The number of fused-ring (bicyclic) bond motifs is 4. The summed E-state index contributed by atoms with van der Waals surface area (Å²) in [6.07, 6.45) is 11.5. The van der Waals surface area contributed by atoms with Crippen LogP contribution in [0.5, 0.6) is 5.75 Å². The minimum absolute atomic E-state index is 0.133. The number of allylic oxidation sites excluding steroid dienone is 1. The van der Waals surface area contributed by atoms with Crippen molar-refractivity contribution in [3.63, 3.8) is 0 Å². The third kappa shape index (κ3) is 6.58. The number of ether oxygens (including phenoxy) is 1. The summed E-state index contributed by atoms with van der Waals surface area (Å²) in [5.41, 5.74) is 4.04. The van der Waals surface area contributed by atoms with Crippen molar-refractivity contribution in [3.8, 4) is 5.75 Å². The normalized spacial score (nSPS) is 33.6. The number of benzene rings is 2. The number of hydrogen-bond acceptors (Lipinski definition) is 6. The molecule has 9 heteroatoms. The summed E-state index contributed by atoms with van der Waals surface area (Å²) < 4.78 is 22.7. The van der Waals surface area contributed by atoms with Gasteiger partial charge in [0.25, 0.3) is 5.91 Å². The molecule has 2 fully saturated rings. The van der Waals surface area contributed by atoms with Gasteiger partial charge in [0.2, 0.25) is 0 Å². The van der Waals surface area contributed by atoms with Crippen LogP contribution in [0.25, 0.3) is 0 Å². The Kier molecular flexibility index (Phi) is 9.95. The van der Waals surface area contributed by atoms with Crippen molar-refractivity contribution in [1.82, 2.24) is 9.62 Å². The van der Waals surface area contributed by atoms with Crippen LogP contribution in [-0.2, 0) is 22.8 Å². The molecule has 7 unspecified atom stereocenters. The zero-order valence-corrected chi connectivity index (χ0v) is 28.4. The van der Waals surface area contributed by atoms with Gasteiger partial charge in [-0.05, 0) is 124 Å². The van der Waals surface area contributed by atoms with E-state index in [1.807, 2.05) is 31.2 Å². The van der Waals surface area contributed by atoms with Crippen LogP contribution >= 0.6 is 11.6 Å². The highest BCUT2D eigenvalue weighted by Crippen LogP contribution is 2.48. The van der Waals surface area contributed by atoms with Gasteiger partial charge in [-0.15, -0.1) is 0 Å². The van der Waals surface area contributed by atoms with Gasteiger partial charge < -0.3 is 19.6 Å². The van der Waals surface area contributed by atoms with Crippen molar-refractivity contribution in [2.45, 2.75) is 63.0 Å². The minimum atomic E-state index is -1.48. The van der Waals surface area contributed by atoms with E-state index in [4.69, 9.17) is 21.4 Å². The number of rotatable bonds is 2. The number of aliphatic hydroxyl groups excluding tert-OH is 1. The average molecular weight is 654 g/mol. The topological polar surface area (TPSA) is 82.1 Å². The quantitative estimate of drug-likeness (QED) is 0.402. The molecular weight excluding hydrogens is 606 g/mol. The van der Waals surface area contributed by atoms with Crippen LogP contribution in [0, 0.1) is 23.7 Å². The average Bonchev–Trinajstić information content (AvgIpc) is 3.27. The highest BCUT2D eigenvalue weighted by Gasteiger charge is 2.45. The molecule has 2 aromatic carbocycles. The van der Waals surface area contributed by atoms with Gasteiger partial charge in [0, 0.05) is 42.7 Å². The van der Waals surface area contributed by atoms with E-state index >= 15 is 0 Å². The third-order valence-corrected chi connectivity index (χ3v) is 13.0. The summed E-state index contributed by atoms with van der Waals surface area (Å²) in [5.74, 6) is 2.47. The second kappa shape index (κ2) is 13.8. The van der Waals surface area contributed by atoms with Crippen LogP contribution < -0.4 is 14.4 Å². The van der Waals surface area contributed by atoms with Crippen molar-refractivity contribution in [1.29, 1.82) is 0 Å². The van der Waals surface area contributed by atoms with Gasteiger partial charge in [0.1, 0.15) is 16.7 Å². The molecule has 1 saturated carbocycles. The lowest BCUT2D eigenvalue weighted by Crippen LogP contribution is -2.49. The fraction of sp³-hybridized carbons (Fsp3) is 0.583. The van der Waals surface area contributed by atoms with Crippen molar-refractivity contribution in [3.05, 3.63) is 70.3 Å². The third-order valence-electron chi connectivity index (χ3n) is 11.2. The first kappa shape index (κ1) is 32.5. The molecule has 1 amide bonds. The maximum Gasteiger partial charge on any atom is 0.263 e. The Bertz CT molecular complexity index is 1450. The molecule has 45 heavy (non-hydrogen) atoms. The van der Waals surface area contributed by atoms with Crippen molar-refractivity contribution >= 4 is 34.2 Å². The van der Waals surface area contributed by atoms with E-state index in [9.17, 15) is 9.00 Å². The number of amides is 1. The Balaban J connectivity index is 0.00000175. The monoisotopic (exact) mass is 653 g/mol. The summed E-state index contributed by atoms with van der Waals surface area (Å²) >= 11 is 6.41. The molecule has 2 N–H and O–H groups in total. The molecule has 2 aromatic rings. The second-order valence-corrected chi connectivity index (χ2v) is 15.8. The number of aryl methyl sites for hydroxylation is 1. The molecule has 5 aliphatic rings. The second-order valence-electron chi connectivity index (χ2n) is 13.8.